The minimum Gasteiger partial charge on any atom is -0.494 e. The number of aromatic nitrogens is 2. The van der Waals surface area contributed by atoms with Crippen LogP contribution >= 0.6 is 11.3 Å². The van der Waals surface area contributed by atoms with Crippen LogP contribution in [0.2, 0.25) is 0 Å². The van der Waals surface area contributed by atoms with Gasteiger partial charge in [0.25, 0.3) is 5.91 Å². The molecule has 2 aromatic carbocycles. The van der Waals surface area contributed by atoms with Gasteiger partial charge in [0, 0.05) is 11.6 Å². The van der Waals surface area contributed by atoms with Crippen molar-refractivity contribution in [3.8, 4) is 11.5 Å². The second-order valence-electron chi connectivity index (χ2n) is 7.26. The number of nitrogens with zero attached hydrogens (tertiary/aromatic N) is 3. The van der Waals surface area contributed by atoms with Gasteiger partial charge in [-0.1, -0.05) is 29.5 Å². The molecule has 0 N–H and O–H groups in total. The summed E-state index contributed by atoms with van der Waals surface area (Å²) in [6, 6.07) is 18.6. The lowest BCUT2D eigenvalue weighted by Gasteiger charge is -2.18. The largest absolute Gasteiger partial charge is 0.494 e. The lowest BCUT2D eigenvalue weighted by molar-refractivity contribution is 0.0960. The highest BCUT2D eigenvalue weighted by atomic mass is 32.1. The van der Waals surface area contributed by atoms with E-state index in [2.05, 4.69) is 4.98 Å². The van der Waals surface area contributed by atoms with E-state index in [0.717, 1.165) is 27.0 Å². The molecule has 166 valence electrons. The minimum atomic E-state index is -0.303. The average Bonchev–Trinajstić information content (AvgIpc) is 3.47. The van der Waals surface area contributed by atoms with E-state index < -0.39 is 0 Å². The molecule has 7 nitrogen and oxygen atoms in total. The van der Waals surface area contributed by atoms with Crippen molar-refractivity contribution in [2.75, 3.05) is 18.6 Å². The molecule has 8 heteroatoms. The Hall–Kier alpha value is -3.91. The van der Waals surface area contributed by atoms with Crippen molar-refractivity contribution in [1.82, 2.24) is 9.97 Å². The van der Waals surface area contributed by atoms with E-state index in [-0.39, 0.29) is 18.2 Å². The van der Waals surface area contributed by atoms with E-state index >= 15 is 0 Å². The van der Waals surface area contributed by atoms with Crippen molar-refractivity contribution in [3.05, 3.63) is 78.3 Å². The molecule has 33 heavy (non-hydrogen) atoms. The summed E-state index contributed by atoms with van der Waals surface area (Å²) >= 11 is 1.42. The molecule has 5 rings (SSSR count). The van der Waals surface area contributed by atoms with Gasteiger partial charge >= 0.3 is 0 Å². The number of anilines is 1. The van der Waals surface area contributed by atoms with Gasteiger partial charge in [-0.2, -0.15) is 0 Å². The van der Waals surface area contributed by atoms with Gasteiger partial charge < -0.3 is 13.9 Å². The highest BCUT2D eigenvalue weighted by Crippen LogP contribution is 2.34. The number of ether oxygens (including phenoxy) is 2. The lowest BCUT2D eigenvalue weighted by Crippen LogP contribution is -2.30. The van der Waals surface area contributed by atoms with Crippen molar-refractivity contribution < 1.29 is 18.7 Å². The SMILES string of the molecule is CCOc1ccc2nc(N(Cc3ccccn3)C(=O)c3cc4cccc(OC)c4o3)sc2c1. The molecule has 0 aliphatic heterocycles. The average molecular weight is 460 g/mol. The topological polar surface area (TPSA) is 77.7 Å². The number of methoxy groups -OCH3 is 1. The van der Waals surface area contributed by atoms with E-state index in [1.165, 1.54) is 11.3 Å². The summed E-state index contributed by atoms with van der Waals surface area (Å²) in [5, 5.41) is 1.35. The second kappa shape index (κ2) is 8.91. The Kier molecular flexibility index (Phi) is 5.66. The molecular weight excluding hydrogens is 438 g/mol. The maximum atomic E-state index is 13.7. The molecular formula is C25H21N3O4S. The van der Waals surface area contributed by atoms with E-state index in [1.807, 2.05) is 55.5 Å². The number of amides is 1. The molecule has 0 fully saturated rings. The van der Waals surface area contributed by atoms with E-state index in [4.69, 9.17) is 18.9 Å². The second-order valence-corrected chi connectivity index (χ2v) is 8.27. The van der Waals surface area contributed by atoms with Gasteiger partial charge in [0.1, 0.15) is 5.75 Å². The maximum absolute atomic E-state index is 13.7. The van der Waals surface area contributed by atoms with Crippen LogP contribution in [0.3, 0.4) is 0 Å². The van der Waals surface area contributed by atoms with Crippen LogP contribution in [0.25, 0.3) is 21.2 Å². The molecule has 3 aromatic heterocycles. The standard InChI is InChI=1S/C25H21N3O4S/c1-3-31-18-10-11-19-22(14-18)33-25(27-19)28(15-17-8-4-5-12-26-17)24(29)21-13-16-7-6-9-20(30-2)23(16)32-21/h4-14H,3,15H2,1-2H3. The number of rotatable bonds is 7. The number of carbonyl (C=O) groups excluding carboxylic acids is 1. The first-order valence-corrected chi connectivity index (χ1v) is 11.3. The first kappa shape index (κ1) is 21.0. The number of para-hydroxylation sites is 1. The third-order valence-electron chi connectivity index (χ3n) is 5.12. The molecule has 0 atom stereocenters. The summed E-state index contributed by atoms with van der Waals surface area (Å²) < 4.78 is 17.9. The molecule has 0 saturated heterocycles. The number of hydrogen-bond acceptors (Lipinski definition) is 7. The van der Waals surface area contributed by atoms with Crippen LogP contribution in [0, 0.1) is 0 Å². The number of fused-ring (bicyclic) bond motifs is 2. The zero-order valence-corrected chi connectivity index (χ0v) is 19.0. The van der Waals surface area contributed by atoms with Gasteiger partial charge in [-0.15, -0.1) is 0 Å². The smallest absolute Gasteiger partial charge is 0.296 e. The monoisotopic (exact) mass is 459 g/mol. The normalized spacial score (nSPS) is 11.1. The lowest BCUT2D eigenvalue weighted by atomic mass is 10.2. The quantitative estimate of drug-likeness (QED) is 0.311. The van der Waals surface area contributed by atoms with Gasteiger partial charge in [0.15, 0.2) is 22.2 Å². The van der Waals surface area contributed by atoms with Crippen LogP contribution in [0.4, 0.5) is 5.13 Å². The molecule has 1 amide bonds. The number of benzene rings is 2. The van der Waals surface area contributed by atoms with E-state index in [1.54, 1.807) is 30.3 Å². The van der Waals surface area contributed by atoms with Crippen molar-refractivity contribution in [1.29, 1.82) is 0 Å². The summed E-state index contributed by atoms with van der Waals surface area (Å²) in [6.07, 6.45) is 1.71. The van der Waals surface area contributed by atoms with Crippen molar-refractivity contribution in [2.45, 2.75) is 13.5 Å². The molecule has 3 heterocycles. The van der Waals surface area contributed by atoms with Crippen LogP contribution in [0.1, 0.15) is 23.2 Å². The van der Waals surface area contributed by atoms with Crippen LogP contribution in [0.15, 0.2) is 71.3 Å². The number of hydrogen-bond donors (Lipinski definition) is 0. The summed E-state index contributed by atoms with van der Waals surface area (Å²) in [5.41, 5.74) is 2.07. The predicted octanol–water partition coefficient (Wildman–Crippen LogP) is 5.69. The van der Waals surface area contributed by atoms with Gasteiger partial charge in [-0.3, -0.25) is 14.7 Å². The molecule has 0 saturated carbocycles. The Bertz CT molecular complexity index is 1430. The molecule has 5 aromatic rings. The highest BCUT2D eigenvalue weighted by Gasteiger charge is 2.26. The fourth-order valence-corrected chi connectivity index (χ4v) is 4.57. The van der Waals surface area contributed by atoms with E-state index in [0.29, 0.717) is 23.1 Å². The zero-order chi connectivity index (χ0) is 22.8. The van der Waals surface area contributed by atoms with Crippen molar-refractivity contribution in [2.24, 2.45) is 0 Å². The summed E-state index contributed by atoms with van der Waals surface area (Å²) in [4.78, 5) is 24.4. The van der Waals surface area contributed by atoms with Crippen LogP contribution < -0.4 is 14.4 Å². The van der Waals surface area contributed by atoms with Crippen LogP contribution in [-0.4, -0.2) is 29.6 Å². The number of thiazole rings is 1. The first-order chi connectivity index (χ1) is 16.2. The van der Waals surface area contributed by atoms with Crippen LogP contribution in [-0.2, 0) is 6.54 Å². The van der Waals surface area contributed by atoms with Crippen molar-refractivity contribution in [3.63, 3.8) is 0 Å². The number of pyridine rings is 1. The molecule has 0 spiro atoms. The van der Waals surface area contributed by atoms with Crippen LogP contribution in [0.5, 0.6) is 11.5 Å². The Morgan fingerprint density at radius 2 is 2.03 bits per heavy atom. The van der Waals surface area contributed by atoms with Gasteiger partial charge in [0.2, 0.25) is 0 Å². The summed E-state index contributed by atoms with van der Waals surface area (Å²) in [6.45, 7) is 2.78. The highest BCUT2D eigenvalue weighted by molar-refractivity contribution is 7.22. The van der Waals surface area contributed by atoms with Gasteiger partial charge in [-0.05, 0) is 49.4 Å². The van der Waals surface area contributed by atoms with Gasteiger partial charge in [-0.25, -0.2) is 4.98 Å². The molecule has 0 aliphatic rings. The zero-order valence-electron chi connectivity index (χ0n) is 18.1. The fourth-order valence-electron chi connectivity index (χ4n) is 3.58. The molecule has 0 aliphatic carbocycles. The fraction of sp³-hybridized carbons (Fsp3) is 0.160. The predicted molar refractivity (Wildman–Crippen MR) is 128 cm³/mol. The molecule has 0 bridgehead atoms. The summed E-state index contributed by atoms with van der Waals surface area (Å²) in [7, 11) is 1.57. The Labute approximate surface area is 194 Å². The molecule has 0 unspecified atom stereocenters. The summed E-state index contributed by atoms with van der Waals surface area (Å²) in [5.74, 6) is 1.25. The van der Waals surface area contributed by atoms with Crippen molar-refractivity contribution >= 4 is 43.6 Å². The third-order valence-corrected chi connectivity index (χ3v) is 6.16. The first-order valence-electron chi connectivity index (χ1n) is 10.5. The number of carbonyl (C=O) groups is 1. The Morgan fingerprint density at radius 3 is 2.82 bits per heavy atom. The third kappa shape index (κ3) is 4.12. The number of furan rings is 1. The molecule has 0 radical (unpaired) electrons. The Balaban J connectivity index is 1.57. The Morgan fingerprint density at radius 1 is 1.12 bits per heavy atom. The van der Waals surface area contributed by atoms with Gasteiger partial charge in [0.05, 0.1) is 36.2 Å². The maximum Gasteiger partial charge on any atom is 0.296 e. The minimum absolute atomic E-state index is 0.208. The van der Waals surface area contributed by atoms with E-state index in [9.17, 15) is 4.79 Å².